The summed E-state index contributed by atoms with van der Waals surface area (Å²) in [5.41, 5.74) is 5.46. The molecule has 1 heterocycles. The van der Waals surface area contributed by atoms with Crippen LogP contribution in [0.15, 0.2) is 65.6 Å². The second-order valence-electron chi connectivity index (χ2n) is 8.65. The van der Waals surface area contributed by atoms with Crippen molar-refractivity contribution in [1.82, 2.24) is 9.88 Å². The van der Waals surface area contributed by atoms with Gasteiger partial charge in [0.1, 0.15) is 6.29 Å². The first kappa shape index (κ1) is 32.3. The van der Waals surface area contributed by atoms with E-state index in [0.29, 0.717) is 18.1 Å². The van der Waals surface area contributed by atoms with Crippen LogP contribution in [0.4, 0.5) is 24.7 Å². The Kier molecular flexibility index (Phi) is 15.0. The Bertz CT molecular complexity index is 1000. The maximum absolute atomic E-state index is 13.5. The summed E-state index contributed by atoms with van der Waals surface area (Å²) in [4.78, 5) is 28.5. The van der Waals surface area contributed by atoms with Gasteiger partial charge < -0.3 is 25.5 Å². The minimum absolute atomic E-state index is 0.0534. The number of carbonyl (C=O) groups is 2. The van der Waals surface area contributed by atoms with Crippen molar-refractivity contribution in [3.8, 4) is 0 Å². The Morgan fingerprint density at radius 1 is 1.13 bits per heavy atom. The molecule has 0 atom stereocenters. The fourth-order valence-electron chi connectivity index (χ4n) is 3.47. The minimum atomic E-state index is -4.69. The molecule has 0 spiro atoms. The van der Waals surface area contributed by atoms with Gasteiger partial charge >= 0.3 is 6.18 Å². The van der Waals surface area contributed by atoms with E-state index in [9.17, 15) is 18.0 Å². The molecule has 3 rings (SSSR count). The zero-order chi connectivity index (χ0) is 28.4. The summed E-state index contributed by atoms with van der Waals surface area (Å²) in [6.07, 6.45) is 4.79. The van der Waals surface area contributed by atoms with E-state index in [2.05, 4.69) is 20.0 Å². The lowest BCUT2D eigenvalue weighted by atomic mass is 9.91. The molecule has 1 fully saturated rings. The SMILES string of the molecule is CN(C)Cc1ccc(NC(=C/N)/C(=N/c2ccccn2)C(F)(F)F)cc1.COC=O.O=CC1CCCCC1. The molecule has 1 aliphatic rings. The predicted molar refractivity (Wildman–Crippen MR) is 143 cm³/mol. The number of rotatable bonds is 8. The zero-order valence-electron chi connectivity index (χ0n) is 21.9. The number of allylic oxidation sites excluding steroid dienone is 1. The van der Waals surface area contributed by atoms with Crippen LogP contribution >= 0.6 is 0 Å². The van der Waals surface area contributed by atoms with Crippen LogP contribution < -0.4 is 11.1 Å². The number of methoxy groups -OCH3 is 1. The molecule has 0 aliphatic heterocycles. The second-order valence-corrected chi connectivity index (χ2v) is 8.65. The van der Waals surface area contributed by atoms with Crippen molar-refractivity contribution in [2.75, 3.05) is 26.5 Å². The summed E-state index contributed by atoms with van der Waals surface area (Å²) < 4.78 is 44.2. The average Bonchev–Trinajstić information content (AvgIpc) is 2.92. The normalized spacial score (nSPS) is 14.4. The molecule has 0 amide bonds. The number of halogens is 3. The van der Waals surface area contributed by atoms with Gasteiger partial charge in [-0.2, -0.15) is 13.2 Å². The van der Waals surface area contributed by atoms with Crippen LogP contribution in [0.1, 0.15) is 37.7 Å². The van der Waals surface area contributed by atoms with Gasteiger partial charge in [0.05, 0.1) is 12.8 Å². The van der Waals surface area contributed by atoms with Gasteiger partial charge in [-0.1, -0.05) is 37.5 Å². The number of aldehydes is 1. The van der Waals surface area contributed by atoms with Crippen LogP contribution in [0.5, 0.6) is 0 Å². The molecule has 0 bridgehead atoms. The second kappa shape index (κ2) is 17.7. The standard InChI is InChI=1S/C18H20F3N5.C7H12O.C2H4O2/c1-26(2)12-13-6-8-14(9-7-13)24-15(11-22)17(18(19,20)21)25-16-5-3-4-10-23-16;8-6-7-4-2-1-3-5-7;1-4-2-3/h3-11,24H,12,22H2,1-2H3;6-7H,1-5H2;2H,1H3/b15-11+,25-17-;;. The number of hydrogen-bond acceptors (Lipinski definition) is 8. The molecule has 1 aromatic heterocycles. The van der Waals surface area contributed by atoms with Gasteiger partial charge in [0.15, 0.2) is 11.5 Å². The largest absolute Gasteiger partial charge is 0.471 e. The molecule has 1 aromatic carbocycles. The lowest BCUT2D eigenvalue weighted by Gasteiger charge is -2.16. The number of benzene rings is 1. The topological polar surface area (TPSA) is 110 Å². The van der Waals surface area contributed by atoms with E-state index in [0.717, 1.165) is 37.4 Å². The monoisotopic (exact) mass is 535 g/mol. The van der Waals surface area contributed by atoms with Crippen molar-refractivity contribution in [2.24, 2.45) is 16.6 Å². The highest BCUT2D eigenvalue weighted by molar-refractivity contribution is 6.07. The average molecular weight is 536 g/mol. The minimum Gasteiger partial charge on any atom is -0.471 e. The Labute approximate surface area is 221 Å². The van der Waals surface area contributed by atoms with Gasteiger partial charge in [0, 0.05) is 30.5 Å². The molecule has 11 heteroatoms. The summed E-state index contributed by atoms with van der Waals surface area (Å²) in [5, 5.41) is 2.68. The first-order chi connectivity index (χ1) is 18.1. The highest BCUT2D eigenvalue weighted by Gasteiger charge is 2.38. The molecule has 0 unspecified atom stereocenters. The maximum atomic E-state index is 13.5. The number of nitrogens with two attached hydrogens (primary N) is 1. The molecular weight excluding hydrogens is 499 g/mol. The molecular formula is C27H36F3N5O3. The van der Waals surface area contributed by atoms with E-state index in [1.807, 2.05) is 31.1 Å². The molecule has 38 heavy (non-hydrogen) atoms. The molecule has 3 N–H and O–H groups in total. The van der Waals surface area contributed by atoms with Crippen LogP contribution in [0.25, 0.3) is 0 Å². The summed E-state index contributed by atoms with van der Waals surface area (Å²) in [6, 6.07) is 11.6. The Balaban J connectivity index is 0.000000495. The Hall–Kier alpha value is -3.73. The van der Waals surface area contributed by atoms with E-state index >= 15 is 0 Å². The van der Waals surface area contributed by atoms with Crippen molar-refractivity contribution in [3.63, 3.8) is 0 Å². The molecule has 2 aromatic rings. The zero-order valence-corrected chi connectivity index (χ0v) is 21.9. The van der Waals surface area contributed by atoms with Crippen molar-refractivity contribution in [2.45, 2.75) is 44.8 Å². The van der Waals surface area contributed by atoms with Gasteiger partial charge in [-0.3, -0.25) is 4.79 Å². The summed E-state index contributed by atoms with van der Waals surface area (Å²) in [6.45, 7) is 1.11. The van der Waals surface area contributed by atoms with Crippen molar-refractivity contribution >= 4 is 30.0 Å². The van der Waals surface area contributed by atoms with Crippen LogP contribution in [0.3, 0.4) is 0 Å². The van der Waals surface area contributed by atoms with E-state index < -0.39 is 11.9 Å². The third-order valence-electron chi connectivity index (χ3n) is 5.24. The number of ether oxygens (including phenoxy) is 1. The number of alkyl halides is 3. The number of nitrogens with one attached hydrogen (secondary N) is 1. The number of anilines is 1. The summed E-state index contributed by atoms with van der Waals surface area (Å²) in [5.74, 6) is 0.353. The van der Waals surface area contributed by atoms with Crippen LogP contribution in [-0.2, 0) is 20.9 Å². The lowest BCUT2D eigenvalue weighted by Crippen LogP contribution is -2.29. The fourth-order valence-corrected chi connectivity index (χ4v) is 3.47. The van der Waals surface area contributed by atoms with E-state index in [-0.39, 0.29) is 11.5 Å². The van der Waals surface area contributed by atoms with Crippen LogP contribution in [0, 0.1) is 5.92 Å². The smallest absolute Gasteiger partial charge is 0.435 e. The molecule has 0 radical (unpaired) electrons. The lowest BCUT2D eigenvalue weighted by molar-refractivity contribution is -0.126. The van der Waals surface area contributed by atoms with Crippen molar-refractivity contribution < 1.29 is 27.5 Å². The Morgan fingerprint density at radius 2 is 1.76 bits per heavy atom. The maximum Gasteiger partial charge on any atom is 0.435 e. The van der Waals surface area contributed by atoms with E-state index in [1.54, 1.807) is 24.3 Å². The number of nitrogens with zero attached hydrogens (tertiary/aromatic N) is 3. The fraction of sp³-hybridized carbons (Fsp3) is 0.407. The predicted octanol–water partition coefficient (Wildman–Crippen LogP) is 5.25. The molecule has 1 aliphatic carbocycles. The van der Waals surface area contributed by atoms with Gasteiger partial charge in [-0.25, -0.2) is 9.98 Å². The summed E-state index contributed by atoms with van der Waals surface area (Å²) >= 11 is 0. The number of carbonyl (C=O) groups excluding carboxylic acids is 2. The molecule has 1 saturated carbocycles. The van der Waals surface area contributed by atoms with Gasteiger partial charge in [0.2, 0.25) is 0 Å². The molecule has 0 saturated heterocycles. The highest BCUT2D eigenvalue weighted by Crippen LogP contribution is 2.26. The first-order valence-electron chi connectivity index (χ1n) is 12.1. The number of pyridine rings is 1. The molecule has 208 valence electrons. The van der Waals surface area contributed by atoms with Crippen LogP contribution in [0.2, 0.25) is 0 Å². The number of aliphatic imine (C=N–C) groups is 1. The van der Waals surface area contributed by atoms with Crippen molar-refractivity contribution in [3.05, 3.63) is 66.1 Å². The third kappa shape index (κ3) is 13.0. The Morgan fingerprint density at radius 3 is 2.18 bits per heavy atom. The van der Waals surface area contributed by atoms with Crippen LogP contribution in [-0.4, -0.2) is 55.7 Å². The number of hydrogen-bond donors (Lipinski definition) is 2. The number of aromatic nitrogens is 1. The summed E-state index contributed by atoms with van der Waals surface area (Å²) in [7, 11) is 5.18. The van der Waals surface area contributed by atoms with Crippen molar-refractivity contribution in [1.29, 1.82) is 0 Å². The third-order valence-corrected chi connectivity index (χ3v) is 5.24. The van der Waals surface area contributed by atoms with E-state index in [4.69, 9.17) is 10.5 Å². The van der Waals surface area contributed by atoms with Gasteiger partial charge in [0.25, 0.3) is 6.47 Å². The van der Waals surface area contributed by atoms with E-state index in [1.165, 1.54) is 38.6 Å². The molecule has 8 nitrogen and oxygen atoms in total. The highest BCUT2D eigenvalue weighted by atomic mass is 19.4. The van der Waals surface area contributed by atoms with Gasteiger partial charge in [-0.05, 0) is 56.8 Å². The quantitative estimate of drug-likeness (QED) is 0.351. The first-order valence-corrected chi connectivity index (χ1v) is 12.1. The van der Waals surface area contributed by atoms with Gasteiger partial charge in [-0.15, -0.1) is 0 Å².